The number of fused-ring (bicyclic) bond motifs is 2. The Bertz CT molecular complexity index is 719. The third-order valence-electron chi connectivity index (χ3n) is 5.29. The van der Waals surface area contributed by atoms with E-state index in [1.54, 1.807) is 7.05 Å². The minimum Gasteiger partial charge on any atom is -0.321 e. The summed E-state index contributed by atoms with van der Waals surface area (Å²) in [6, 6.07) is -0.389. The minimum absolute atomic E-state index is 0.217. The van der Waals surface area contributed by atoms with Crippen LogP contribution in [-0.2, 0) is 9.84 Å². The lowest BCUT2D eigenvalue weighted by atomic mass is 10.0. The predicted octanol–water partition coefficient (Wildman–Crippen LogP) is 1.94. The number of carbonyl (C=O) groups is 1. The molecule has 1 aromatic rings. The zero-order valence-corrected chi connectivity index (χ0v) is 14.9. The standard InChI is InChI=1S/C15H24N4O3S/c1-15(2,3)18(4)14(20)19-9-16-13(17-19)23(21,22)12-8-10-5-6-11(12)7-10/h9-12H,5-8H2,1-4H3. The SMILES string of the molecule is CN(C(=O)n1cnc(S(=O)(=O)C2CC3CCC2C3)n1)C(C)(C)C. The smallest absolute Gasteiger partial charge is 0.321 e. The molecule has 3 rings (SSSR count). The number of amides is 1. The van der Waals surface area contributed by atoms with Gasteiger partial charge in [0.1, 0.15) is 6.33 Å². The summed E-state index contributed by atoms with van der Waals surface area (Å²) in [4.78, 5) is 17.8. The Balaban J connectivity index is 1.83. The Labute approximate surface area is 137 Å². The van der Waals surface area contributed by atoms with Gasteiger partial charge in [-0.3, -0.25) is 0 Å². The highest BCUT2D eigenvalue weighted by Crippen LogP contribution is 2.48. The van der Waals surface area contributed by atoms with Crippen LogP contribution in [0, 0.1) is 11.8 Å². The van der Waals surface area contributed by atoms with E-state index in [-0.39, 0.29) is 27.9 Å². The van der Waals surface area contributed by atoms with E-state index >= 15 is 0 Å². The van der Waals surface area contributed by atoms with Crippen molar-refractivity contribution in [1.29, 1.82) is 0 Å². The Morgan fingerprint density at radius 1 is 1.30 bits per heavy atom. The highest BCUT2D eigenvalue weighted by molar-refractivity contribution is 7.91. The maximum absolute atomic E-state index is 12.8. The van der Waals surface area contributed by atoms with Crippen LogP contribution >= 0.6 is 0 Å². The first-order chi connectivity index (χ1) is 10.6. The van der Waals surface area contributed by atoms with E-state index in [0.29, 0.717) is 12.3 Å². The van der Waals surface area contributed by atoms with Gasteiger partial charge in [-0.1, -0.05) is 6.42 Å². The Morgan fingerprint density at radius 2 is 2.00 bits per heavy atom. The van der Waals surface area contributed by atoms with Crippen LogP contribution in [0.4, 0.5) is 4.79 Å². The van der Waals surface area contributed by atoms with Gasteiger partial charge < -0.3 is 4.90 Å². The van der Waals surface area contributed by atoms with Crippen molar-refractivity contribution in [3.05, 3.63) is 6.33 Å². The van der Waals surface area contributed by atoms with Gasteiger partial charge in [-0.15, -0.1) is 5.10 Å². The number of hydrogen-bond acceptors (Lipinski definition) is 5. The van der Waals surface area contributed by atoms with Crippen LogP contribution in [0.25, 0.3) is 0 Å². The molecular weight excluding hydrogens is 316 g/mol. The summed E-state index contributed by atoms with van der Waals surface area (Å²) in [5, 5.41) is 3.37. The summed E-state index contributed by atoms with van der Waals surface area (Å²) >= 11 is 0. The maximum atomic E-state index is 12.8. The van der Waals surface area contributed by atoms with Crippen LogP contribution in [0.15, 0.2) is 11.5 Å². The van der Waals surface area contributed by atoms with Gasteiger partial charge in [0, 0.05) is 12.6 Å². The molecule has 2 aliphatic carbocycles. The largest absolute Gasteiger partial charge is 0.346 e. The zero-order chi connectivity index (χ0) is 17.0. The van der Waals surface area contributed by atoms with Gasteiger partial charge >= 0.3 is 6.03 Å². The van der Waals surface area contributed by atoms with Crippen molar-refractivity contribution in [3.63, 3.8) is 0 Å². The number of aromatic nitrogens is 3. The van der Waals surface area contributed by atoms with E-state index < -0.39 is 9.84 Å². The summed E-state index contributed by atoms with van der Waals surface area (Å²) in [5.74, 6) is 0.750. The second kappa shape index (κ2) is 5.29. The van der Waals surface area contributed by atoms with Crippen molar-refractivity contribution in [2.75, 3.05) is 7.05 Å². The monoisotopic (exact) mass is 340 g/mol. The lowest BCUT2D eigenvalue weighted by Gasteiger charge is -2.31. The van der Waals surface area contributed by atoms with Gasteiger partial charge in [0.05, 0.1) is 5.25 Å². The molecule has 0 aromatic carbocycles. The molecule has 128 valence electrons. The van der Waals surface area contributed by atoms with E-state index in [9.17, 15) is 13.2 Å². The average Bonchev–Trinajstić information content (AvgIpc) is 3.19. The van der Waals surface area contributed by atoms with Crippen LogP contribution in [-0.4, -0.2) is 51.9 Å². The Kier molecular flexibility index (Phi) is 3.78. The molecule has 3 unspecified atom stereocenters. The van der Waals surface area contributed by atoms with Crippen LogP contribution < -0.4 is 0 Å². The van der Waals surface area contributed by atoms with E-state index in [1.807, 2.05) is 20.8 Å². The van der Waals surface area contributed by atoms with Crippen molar-refractivity contribution in [2.45, 2.75) is 62.4 Å². The van der Waals surface area contributed by atoms with Gasteiger partial charge in [-0.2, -0.15) is 4.68 Å². The second-order valence-electron chi connectivity index (χ2n) is 7.74. The molecule has 0 N–H and O–H groups in total. The van der Waals surface area contributed by atoms with E-state index in [0.717, 1.165) is 23.9 Å². The van der Waals surface area contributed by atoms with Crippen LogP contribution in [0.3, 0.4) is 0 Å². The first kappa shape index (κ1) is 16.4. The van der Waals surface area contributed by atoms with Gasteiger partial charge in [0.15, 0.2) is 0 Å². The van der Waals surface area contributed by atoms with Crippen LogP contribution in [0.2, 0.25) is 0 Å². The number of hydrogen-bond donors (Lipinski definition) is 0. The summed E-state index contributed by atoms with van der Waals surface area (Å²) in [5.41, 5.74) is -0.382. The quantitative estimate of drug-likeness (QED) is 0.821. The fourth-order valence-electron chi connectivity index (χ4n) is 3.61. The lowest BCUT2D eigenvalue weighted by molar-refractivity contribution is 0.164. The van der Waals surface area contributed by atoms with Crippen molar-refractivity contribution in [2.24, 2.45) is 11.8 Å². The molecular formula is C15H24N4O3S. The molecule has 2 saturated carbocycles. The molecule has 8 heteroatoms. The van der Waals surface area contributed by atoms with Crippen LogP contribution in [0.5, 0.6) is 0 Å². The molecule has 3 atom stereocenters. The first-order valence-corrected chi connectivity index (χ1v) is 9.59. The number of nitrogens with zero attached hydrogens (tertiary/aromatic N) is 4. The maximum Gasteiger partial charge on any atom is 0.346 e. The Hall–Kier alpha value is -1.44. The predicted molar refractivity (Wildman–Crippen MR) is 84.8 cm³/mol. The van der Waals surface area contributed by atoms with Crippen LogP contribution in [0.1, 0.15) is 46.5 Å². The molecule has 2 bridgehead atoms. The molecule has 7 nitrogen and oxygen atoms in total. The number of sulfone groups is 1. The highest BCUT2D eigenvalue weighted by atomic mass is 32.2. The average molecular weight is 340 g/mol. The zero-order valence-electron chi connectivity index (χ0n) is 14.1. The molecule has 23 heavy (non-hydrogen) atoms. The lowest BCUT2D eigenvalue weighted by Crippen LogP contribution is -2.44. The minimum atomic E-state index is -3.56. The molecule has 1 heterocycles. The third kappa shape index (κ3) is 2.77. The number of rotatable bonds is 2. The molecule has 0 radical (unpaired) electrons. The fraction of sp³-hybridized carbons (Fsp3) is 0.800. The molecule has 1 amide bonds. The topological polar surface area (TPSA) is 85.2 Å². The van der Waals surface area contributed by atoms with Gasteiger partial charge in [-0.05, 0) is 51.9 Å². The first-order valence-electron chi connectivity index (χ1n) is 8.04. The molecule has 0 spiro atoms. The Morgan fingerprint density at radius 3 is 2.52 bits per heavy atom. The highest BCUT2D eigenvalue weighted by Gasteiger charge is 2.48. The molecule has 1 aromatic heterocycles. The summed E-state index contributed by atoms with van der Waals surface area (Å²) in [7, 11) is -1.90. The molecule has 0 saturated heterocycles. The summed E-state index contributed by atoms with van der Waals surface area (Å²) < 4.78 is 26.5. The number of carbonyl (C=O) groups excluding carboxylic acids is 1. The van der Waals surface area contributed by atoms with Crippen molar-refractivity contribution < 1.29 is 13.2 Å². The van der Waals surface area contributed by atoms with Gasteiger partial charge in [0.2, 0.25) is 9.84 Å². The van der Waals surface area contributed by atoms with E-state index in [4.69, 9.17) is 0 Å². The van der Waals surface area contributed by atoms with E-state index in [1.165, 1.54) is 11.2 Å². The van der Waals surface area contributed by atoms with Gasteiger partial charge in [0.25, 0.3) is 5.16 Å². The van der Waals surface area contributed by atoms with E-state index in [2.05, 4.69) is 10.1 Å². The third-order valence-corrected chi connectivity index (χ3v) is 7.36. The molecule has 2 aliphatic rings. The molecule has 2 fully saturated rings. The molecule has 0 aliphatic heterocycles. The van der Waals surface area contributed by atoms with Crippen molar-refractivity contribution >= 4 is 15.9 Å². The van der Waals surface area contributed by atoms with Gasteiger partial charge in [-0.25, -0.2) is 18.2 Å². The fourth-order valence-corrected chi connectivity index (χ4v) is 5.56. The summed E-state index contributed by atoms with van der Waals surface area (Å²) in [6.45, 7) is 5.69. The van der Waals surface area contributed by atoms with Crippen molar-refractivity contribution in [3.8, 4) is 0 Å². The second-order valence-corrected chi connectivity index (χ2v) is 9.80. The normalized spacial score (nSPS) is 27.4. The summed E-state index contributed by atoms with van der Waals surface area (Å²) in [6.07, 6.45) is 5.01. The van der Waals surface area contributed by atoms with Crippen molar-refractivity contribution in [1.82, 2.24) is 19.7 Å².